The maximum atomic E-state index is 12.1. The van der Waals surface area contributed by atoms with Gasteiger partial charge in [-0.15, -0.1) is 0 Å². The summed E-state index contributed by atoms with van der Waals surface area (Å²) in [7, 11) is 0. The number of nitrogens with zero attached hydrogens (tertiary/aromatic N) is 1. The van der Waals surface area contributed by atoms with Crippen molar-refractivity contribution in [2.24, 2.45) is 5.92 Å². The molecule has 2 aliphatic rings. The molecule has 1 saturated heterocycles. The summed E-state index contributed by atoms with van der Waals surface area (Å²) in [6.07, 6.45) is 3.27. The predicted octanol–water partition coefficient (Wildman–Crippen LogP) is 2.37. The number of hydrogen-bond donors (Lipinski definition) is 0. The summed E-state index contributed by atoms with van der Waals surface area (Å²) in [6, 6.07) is -0.210. The Labute approximate surface area is 102 Å². The van der Waals surface area contributed by atoms with E-state index in [4.69, 9.17) is 4.74 Å². The molecule has 0 bridgehead atoms. The molecule has 0 radical (unpaired) electrons. The summed E-state index contributed by atoms with van der Waals surface area (Å²) in [5, 5.41) is 0. The molecule has 96 valence electrons. The number of carbonyl (C=O) groups excluding carboxylic acids is 2. The molecule has 0 spiro atoms. The van der Waals surface area contributed by atoms with Gasteiger partial charge in [0.15, 0.2) is 5.78 Å². The van der Waals surface area contributed by atoms with Crippen LogP contribution in [0.3, 0.4) is 0 Å². The molecule has 1 aliphatic carbocycles. The van der Waals surface area contributed by atoms with Crippen LogP contribution in [0.15, 0.2) is 0 Å². The molecule has 17 heavy (non-hydrogen) atoms. The maximum absolute atomic E-state index is 12.1. The van der Waals surface area contributed by atoms with Gasteiger partial charge in [0.1, 0.15) is 5.60 Å². The van der Waals surface area contributed by atoms with Crippen molar-refractivity contribution < 1.29 is 14.3 Å². The normalized spacial score (nSPS) is 29.1. The number of fused-ring (bicyclic) bond motifs is 1. The van der Waals surface area contributed by atoms with Gasteiger partial charge in [-0.25, -0.2) is 4.79 Å². The van der Waals surface area contributed by atoms with E-state index in [2.05, 4.69) is 0 Å². The Morgan fingerprint density at radius 1 is 1.35 bits per heavy atom. The number of Topliss-reactive ketones (excluding diaryl/α,β-unsaturated/α-hetero) is 1. The van der Waals surface area contributed by atoms with Gasteiger partial charge in [0, 0.05) is 13.0 Å². The van der Waals surface area contributed by atoms with Gasteiger partial charge in [-0.2, -0.15) is 0 Å². The first-order valence-electron chi connectivity index (χ1n) is 6.41. The number of carbonyl (C=O) groups is 2. The highest BCUT2D eigenvalue weighted by Gasteiger charge is 2.44. The summed E-state index contributed by atoms with van der Waals surface area (Å²) in [5.41, 5.74) is -0.494. The van der Waals surface area contributed by atoms with Gasteiger partial charge in [-0.3, -0.25) is 9.69 Å². The summed E-state index contributed by atoms with van der Waals surface area (Å²) in [4.78, 5) is 25.5. The third-order valence-electron chi connectivity index (χ3n) is 3.48. The van der Waals surface area contributed by atoms with Gasteiger partial charge in [0.2, 0.25) is 0 Å². The van der Waals surface area contributed by atoms with Crippen LogP contribution < -0.4 is 0 Å². The lowest BCUT2D eigenvalue weighted by Gasteiger charge is -2.37. The lowest BCUT2D eigenvalue weighted by atomic mass is 9.92. The zero-order valence-electron chi connectivity index (χ0n) is 10.9. The summed E-state index contributed by atoms with van der Waals surface area (Å²) in [5.74, 6) is 0.573. The maximum Gasteiger partial charge on any atom is 0.410 e. The van der Waals surface area contributed by atoms with Crippen molar-refractivity contribution in [1.82, 2.24) is 4.90 Å². The van der Waals surface area contributed by atoms with Crippen LogP contribution in [0.5, 0.6) is 0 Å². The van der Waals surface area contributed by atoms with Gasteiger partial charge in [0.25, 0.3) is 0 Å². The molecule has 0 aromatic rings. The van der Waals surface area contributed by atoms with E-state index in [0.29, 0.717) is 18.9 Å². The molecule has 1 aliphatic heterocycles. The van der Waals surface area contributed by atoms with E-state index in [1.54, 1.807) is 4.90 Å². The second-order valence-electron chi connectivity index (χ2n) is 6.03. The van der Waals surface area contributed by atoms with Gasteiger partial charge in [-0.05, 0) is 46.0 Å². The monoisotopic (exact) mass is 239 g/mol. The molecule has 0 N–H and O–H groups in total. The summed E-state index contributed by atoms with van der Waals surface area (Å²) in [6.45, 7) is 6.20. The smallest absolute Gasteiger partial charge is 0.410 e. The van der Waals surface area contributed by atoms with E-state index in [1.807, 2.05) is 20.8 Å². The van der Waals surface area contributed by atoms with Gasteiger partial charge >= 0.3 is 6.09 Å². The fourth-order valence-electron chi connectivity index (χ4n) is 2.82. The van der Waals surface area contributed by atoms with E-state index in [-0.39, 0.29) is 17.9 Å². The predicted molar refractivity (Wildman–Crippen MR) is 63.7 cm³/mol. The molecule has 0 aromatic carbocycles. The van der Waals surface area contributed by atoms with Crippen molar-refractivity contribution in [3.63, 3.8) is 0 Å². The SMILES string of the molecule is CC(C)(C)OC(=O)N1CCC[C@@H]2CCC(=O)[C@@H]21. The molecule has 2 fully saturated rings. The van der Waals surface area contributed by atoms with Crippen molar-refractivity contribution >= 4 is 11.9 Å². The highest BCUT2D eigenvalue weighted by molar-refractivity contribution is 5.89. The van der Waals surface area contributed by atoms with Crippen LogP contribution in [0.1, 0.15) is 46.5 Å². The minimum Gasteiger partial charge on any atom is -0.444 e. The molecule has 4 heteroatoms. The largest absolute Gasteiger partial charge is 0.444 e. The van der Waals surface area contributed by atoms with E-state index in [1.165, 1.54) is 0 Å². The molecule has 4 nitrogen and oxygen atoms in total. The van der Waals surface area contributed by atoms with E-state index in [0.717, 1.165) is 19.3 Å². The Hall–Kier alpha value is -1.06. The van der Waals surface area contributed by atoms with E-state index >= 15 is 0 Å². The first-order chi connectivity index (χ1) is 7.88. The zero-order valence-corrected chi connectivity index (χ0v) is 10.9. The fourth-order valence-corrected chi connectivity index (χ4v) is 2.82. The van der Waals surface area contributed by atoms with Crippen LogP contribution in [0.4, 0.5) is 4.79 Å². The Bertz CT molecular complexity index is 332. The standard InChI is InChI=1S/C13H21NO3/c1-13(2,3)17-12(16)14-8-4-5-9-6-7-10(15)11(9)14/h9,11H,4-8H2,1-3H3/t9-,11-/m1/s1. The van der Waals surface area contributed by atoms with Crippen LogP contribution in [0.2, 0.25) is 0 Å². The Balaban J connectivity index is 2.09. The van der Waals surface area contributed by atoms with Gasteiger partial charge < -0.3 is 4.74 Å². The topological polar surface area (TPSA) is 46.6 Å². The van der Waals surface area contributed by atoms with E-state index in [9.17, 15) is 9.59 Å². The lowest BCUT2D eigenvalue weighted by molar-refractivity contribution is -0.123. The Morgan fingerprint density at radius 2 is 2.06 bits per heavy atom. The molecule has 1 saturated carbocycles. The second-order valence-corrected chi connectivity index (χ2v) is 6.03. The Kier molecular flexibility index (Phi) is 3.15. The molecule has 1 heterocycles. The van der Waals surface area contributed by atoms with E-state index < -0.39 is 5.60 Å². The molecule has 2 rings (SSSR count). The first-order valence-corrected chi connectivity index (χ1v) is 6.41. The number of rotatable bonds is 0. The van der Waals surface area contributed by atoms with Crippen molar-refractivity contribution in [1.29, 1.82) is 0 Å². The number of amides is 1. The van der Waals surface area contributed by atoms with Crippen LogP contribution >= 0.6 is 0 Å². The molecule has 0 aromatic heterocycles. The average molecular weight is 239 g/mol. The zero-order chi connectivity index (χ0) is 12.6. The average Bonchev–Trinajstić information content (AvgIpc) is 2.58. The van der Waals surface area contributed by atoms with Crippen LogP contribution in [0, 0.1) is 5.92 Å². The first kappa shape index (κ1) is 12.4. The van der Waals surface area contributed by atoms with Crippen LogP contribution in [0.25, 0.3) is 0 Å². The van der Waals surface area contributed by atoms with Crippen molar-refractivity contribution in [2.75, 3.05) is 6.54 Å². The Morgan fingerprint density at radius 3 is 2.71 bits per heavy atom. The third kappa shape index (κ3) is 2.61. The van der Waals surface area contributed by atoms with Crippen molar-refractivity contribution in [3.8, 4) is 0 Å². The highest BCUT2D eigenvalue weighted by Crippen LogP contribution is 2.35. The van der Waals surface area contributed by atoms with Gasteiger partial charge in [-0.1, -0.05) is 0 Å². The molecule has 2 atom stereocenters. The molecule has 0 unspecified atom stereocenters. The summed E-state index contributed by atoms with van der Waals surface area (Å²) >= 11 is 0. The number of ether oxygens (including phenoxy) is 1. The fraction of sp³-hybridized carbons (Fsp3) is 0.846. The number of ketones is 1. The number of hydrogen-bond acceptors (Lipinski definition) is 3. The number of piperidine rings is 1. The lowest BCUT2D eigenvalue weighted by Crippen LogP contribution is -2.51. The van der Waals surface area contributed by atoms with Crippen molar-refractivity contribution in [2.45, 2.75) is 58.1 Å². The second kappa shape index (κ2) is 4.31. The number of likely N-dealkylation sites (tertiary alicyclic amines) is 1. The van der Waals surface area contributed by atoms with Gasteiger partial charge in [0.05, 0.1) is 6.04 Å². The minimum absolute atomic E-state index is 0.209. The highest BCUT2D eigenvalue weighted by atomic mass is 16.6. The third-order valence-corrected chi connectivity index (χ3v) is 3.48. The van der Waals surface area contributed by atoms with Crippen molar-refractivity contribution in [3.05, 3.63) is 0 Å². The van der Waals surface area contributed by atoms with Crippen LogP contribution in [-0.2, 0) is 9.53 Å². The summed E-state index contributed by atoms with van der Waals surface area (Å²) < 4.78 is 5.37. The minimum atomic E-state index is -0.494. The quantitative estimate of drug-likeness (QED) is 0.652. The molecular weight excluding hydrogens is 218 g/mol. The molecule has 1 amide bonds. The van der Waals surface area contributed by atoms with Crippen LogP contribution in [-0.4, -0.2) is 35.0 Å². The molecular formula is C13H21NO3.